The number of amides is 1. The number of hydrogen-bond donors (Lipinski definition) is 1. The van der Waals surface area contributed by atoms with E-state index in [9.17, 15) is 4.79 Å². The van der Waals surface area contributed by atoms with Gasteiger partial charge in [-0.05, 0) is 31.7 Å². The smallest absolute Gasteiger partial charge is 0.253 e. The van der Waals surface area contributed by atoms with Crippen LogP contribution in [0.4, 0.5) is 0 Å². The van der Waals surface area contributed by atoms with Crippen LogP contribution in [-0.4, -0.2) is 44.1 Å². The maximum atomic E-state index is 12.7. The highest BCUT2D eigenvalue weighted by Gasteiger charge is 2.30. The fourth-order valence-corrected chi connectivity index (χ4v) is 4.00. The Balaban J connectivity index is 1.45. The molecule has 0 bridgehead atoms. The average molecular weight is 343 g/mol. The second kappa shape index (κ2) is 7.07. The third kappa shape index (κ3) is 3.51. The first kappa shape index (κ1) is 16.4. The number of nitrogens with zero attached hydrogens (tertiary/aromatic N) is 4. The molecular weight excluding hydrogens is 318 g/mol. The zero-order valence-corrected chi connectivity index (χ0v) is 14.6. The molecule has 7 heteroatoms. The van der Waals surface area contributed by atoms with Gasteiger partial charge in [-0.1, -0.05) is 30.9 Å². The van der Waals surface area contributed by atoms with Crippen LogP contribution in [0.1, 0.15) is 61.7 Å². The van der Waals surface area contributed by atoms with Crippen molar-refractivity contribution in [3.05, 3.63) is 17.8 Å². The number of nitrogens with one attached hydrogen (secondary N) is 1. The highest BCUT2D eigenvalue weighted by Crippen LogP contribution is 2.28. The van der Waals surface area contributed by atoms with E-state index in [1.54, 1.807) is 24.0 Å². The lowest BCUT2D eigenvalue weighted by atomic mass is 9.92. The van der Waals surface area contributed by atoms with Crippen LogP contribution in [0.25, 0.3) is 11.2 Å². The van der Waals surface area contributed by atoms with Gasteiger partial charge in [-0.15, -0.1) is 5.10 Å². The van der Waals surface area contributed by atoms with Crippen molar-refractivity contribution in [3.8, 4) is 0 Å². The molecule has 0 unspecified atom stereocenters. The van der Waals surface area contributed by atoms with Crippen LogP contribution >= 0.6 is 0 Å². The van der Waals surface area contributed by atoms with Crippen molar-refractivity contribution in [2.45, 2.75) is 69.6 Å². The van der Waals surface area contributed by atoms with Gasteiger partial charge in [0.15, 0.2) is 5.65 Å². The number of carbonyl (C=O) groups is 1. The van der Waals surface area contributed by atoms with Gasteiger partial charge in [-0.3, -0.25) is 4.79 Å². The topological polar surface area (TPSA) is 81.9 Å². The standard InChI is InChI=1S/C18H25N5O2/c1-23-17-15(21-22-23)10-12(11-19-17)18(24)20-14-8-4-5-9-16(14)25-13-6-2-3-7-13/h10-11,13-14,16H,2-9H2,1H3,(H,20,24)/t14-,16-/m1/s1. The largest absolute Gasteiger partial charge is 0.373 e. The summed E-state index contributed by atoms with van der Waals surface area (Å²) in [4.78, 5) is 17.0. The fraction of sp³-hybridized carbons (Fsp3) is 0.667. The summed E-state index contributed by atoms with van der Waals surface area (Å²) in [6, 6.07) is 1.83. The molecule has 25 heavy (non-hydrogen) atoms. The van der Waals surface area contributed by atoms with Crippen LogP contribution < -0.4 is 5.32 Å². The highest BCUT2D eigenvalue weighted by atomic mass is 16.5. The maximum absolute atomic E-state index is 12.7. The van der Waals surface area contributed by atoms with Crippen molar-refractivity contribution < 1.29 is 9.53 Å². The predicted octanol–water partition coefficient (Wildman–Crippen LogP) is 2.36. The van der Waals surface area contributed by atoms with E-state index in [0.29, 0.717) is 22.8 Å². The molecule has 2 aromatic rings. The summed E-state index contributed by atoms with van der Waals surface area (Å²) in [6.45, 7) is 0. The van der Waals surface area contributed by atoms with Crippen LogP contribution in [0.5, 0.6) is 0 Å². The monoisotopic (exact) mass is 343 g/mol. The van der Waals surface area contributed by atoms with Gasteiger partial charge in [0.25, 0.3) is 5.91 Å². The van der Waals surface area contributed by atoms with E-state index >= 15 is 0 Å². The molecule has 2 atom stereocenters. The SMILES string of the molecule is Cn1nnc2cc(C(=O)N[C@@H]3CCCC[C@H]3OC3CCCC3)cnc21. The molecule has 0 aromatic carbocycles. The zero-order valence-electron chi connectivity index (χ0n) is 14.6. The molecule has 1 N–H and O–H groups in total. The van der Waals surface area contributed by atoms with Crippen molar-refractivity contribution in [1.82, 2.24) is 25.3 Å². The summed E-state index contributed by atoms with van der Waals surface area (Å²) in [6.07, 6.45) is 11.3. The molecule has 4 rings (SSSR count). The van der Waals surface area contributed by atoms with Gasteiger partial charge in [-0.25, -0.2) is 9.67 Å². The van der Waals surface area contributed by atoms with Crippen molar-refractivity contribution in [1.29, 1.82) is 0 Å². The molecule has 0 radical (unpaired) electrons. The lowest BCUT2D eigenvalue weighted by molar-refractivity contribution is -0.0419. The van der Waals surface area contributed by atoms with Gasteiger partial charge in [0.05, 0.1) is 23.8 Å². The molecule has 2 heterocycles. The van der Waals surface area contributed by atoms with Crippen molar-refractivity contribution >= 4 is 17.1 Å². The number of ether oxygens (including phenoxy) is 1. The number of fused-ring (bicyclic) bond motifs is 1. The van der Waals surface area contributed by atoms with Crippen molar-refractivity contribution in [2.75, 3.05) is 0 Å². The van der Waals surface area contributed by atoms with E-state index in [-0.39, 0.29) is 18.1 Å². The quantitative estimate of drug-likeness (QED) is 0.921. The Kier molecular flexibility index (Phi) is 4.65. The predicted molar refractivity (Wildman–Crippen MR) is 93.2 cm³/mol. The number of pyridine rings is 1. The van der Waals surface area contributed by atoms with E-state index in [4.69, 9.17) is 4.74 Å². The molecule has 2 aliphatic carbocycles. The first-order chi connectivity index (χ1) is 12.2. The van der Waals surface area contributed by atoms with Crippen molar-refractivity contribution in [2.24, 2.45) is 7.05 Å². The molecule has 2 saturated carbocycles. The Morgan fingerprint density at radius 2 is 1.96 bits per heavy atom. The Morgan fingerprint density at radius 3 is 2.80 bits per heavy atom. The van der Waals surface area contributed by atoms with Gasteiger partial charge < -0.3 is 10.1 Å². The number of aryl methyl sites for hydroxylation is 1. The van der Waals surface area contributed by atoms with Gasteiger partial charge in [0, 0.05) is 13.2 Å². The summed E-state index contributed by atoms with van der Waals surface area (Å²) < 4.78 is 7.92. The summed E-state index contributed by atoms with van der Waals surface area (Å²) in [5.74, 6) is -0.105. The molecule has 1 amide bonds. The number of hydrogen-bond acceptors (Lipinski definition) is 5. The number of rotatable bonds is 4. The van der Waals surface area contributed by atoms with Crippen LogP contribution in [0, 0.1) is 0 Å². The molecule has 0 saturated heterocycles. The molecular formula is C18H25N5O2. The van der Waals surface area contributed by atoms with E-state index < -0.39 is 0 Å². The van der Waals surface area contributed by atoms with E-state index in [2.05, 4.69) is 20.6 Å². The lowest BCUT2D eigenvalue weighted by Gasteiger charge is -2.34. The molecule has 0 aliphatic heterocycles. The van der Waals surface area contributed by atoms with Gasteiger partial charge >= 0.3 is 0 Å². The van der Waals surface area contributed by atoms with E-state index in [1.165, 1.54) is 19.3 Å². The third-order valence-corrected chi connectivity index (χ3v) is 5.39. The maximum Gasteiger partial charge on any atom is 0.253 e. The molecule has 2 aromatic heterocycles. The number of carbonyl (C=O) groups excluding carboxylic acids is 1. The van der Waals surface area contributed by atoms with Gasteiger partial charge in [0.2, 0.25) is 0 Å². The molecule has 2 fully saturated rings. The molecule has 2 aliphatic rings. The Bertz CT molecular complexity index is 753. The summed E-state index contributed by atoms with van der Waals surface area (Å²) in [7, 11) is 1.79. The molecule has 134 valence electrons. The molecule has 0 spiro atoms. The first-order valence-electron chi connectivity index (χ1n) is 9.32. The van der Waals surface area contributed by atoms with E-state index in [1.807, 2.05) is 0 Å². The summed E-state index contributed by atoms with van der Waals surface area (Å²) >= 11 is 0. The third-order valence-electron chi connectivity index (χ3n) is 5.39. The van der Waals surface area contributed by atoms with Gasteiger partial charge in [-0.2, -0.15) is 0 Å². The van der Waals surface area contributed by atoms with Gasteiger partial charge in [0.1, 0.15) is 5.52 Å². The first-order valence-corrected chi connectivity index (χ1v) is 9.32. The molecule has 7 nitrogen and oxygen atoms in total. The van der Waals surface area contributed by atoms with Crippen LogP contribution in [0.3, 0.4) is 0 Å². The van der Waals surface area contributed by atoms with Crippen LogP contribution in [-0.2, 0) is 11.8 Å². The van der Waals surface area contributed by atoms with Crippen LogP contribution in [0.2, 0.25) is 0 Å². The van der Waals surface area contributed by atoms with E-state index in [0.717, 1.165) is 32.1 Å². The fourth-order valence-electron chi connectivity index (χ4n) is 4.00. The van der Waals surface area contributed by atoms with Crippen LogP contribution in [0.15, 0.2) is 12.3 Å². The minimum atomic E-state index is -0.105. The second-order valence-electron chi connectivity index (χ2n) is 7.23. The minimum Gasteiger partial charge on any atom is -0.373 e. The summed E-state index contributed by atoms with van der Waals surface area (Å²) in [5, 5.41) is 11.1. The lowest BCUT2D eigenvalue weighted by Crippen LogP contribution is -2.47. The summed E-state index contributed by atoms with van der Waals surface area (Å²) in [5.41, 5.74) is 1.84. The Hall–Kier alpha value is -2.02. The Morgan fingerprint density at radius 1 is 1.20 bits per heavy atom. The minimum absolute atomic E-state index is 0.0828. The van der Waals surface area contributed by atoms with Crippen molar-refractivity contribution in [3.63, 3.8) is 0 Å². The zero-order chi connectivity index (χ0) is 17.2. The highest BCUT2D eigenvalue weighted by molar-refractivity contribution is 5.96. The second-order valence-corrected chi connectivity index (χ2v) is 7.23. The normalized spacial score (nSPS) is 24.7. The number of aromatic nitrogens is 4. The Labute approximate surface area is 147 Å². The average Bonchev–Trinajstić information content (AvgIpc) is 3.26.